The first kappa shape index (κ1) is 15.8. The topological polar surface area (TPSA) is 96.5 Å². The molecule has 1 aromatic heterocycles. The molecule has 2 heterocycles. The molecule has 0 saturated carbocycles. The van der Waals surface area contributed by atoms with Gasteiger partial charge in [0.25, 0.3) is 11.2 Å². The Balaban J connectivity index is 1.77. The molecule has 25 heavy (non-hydrogen) atoms. The first-order valence-corrected chi connectivity index (χ1v) is 8.22. The van der Waals surface area contributed by atoms with E-state index in [0.29, 0.717) is 16.9 Å². The molecule has 1 aliphatic heterocycles. The summed E-state index contributed by atoms with van der Waals surface area (Å²) in [5.74, 6) is 0.545. The molecule has 8 heteroatoms. The van der Waals surface area contributed by atoms with Gasteiger partial charge in [-0.3, -0.25) is 14.9 Å². The number of aryl methyl sites for hydroxylation is 2. The van der Waals surface area contributed by atoms with E-state index in [1.165, 1.54) is 16.8 Å². The van der Waals surface area contributed by atoms with Gasteiger partial charge in [0.2, 0.25) is 0 Å². The van der Waals surface area contributed by atoms with Gasteiger partial charge in [0.15, 0.2) is 6.79 Å². The van der Waals surface area contributed by atoms with E-state index >= 15 is 0 Å². The number of aromatic nitrogens is 2. The summed E-state index contributed by atoms with van der Waals surface area (Å²) in [5, 5.41) is 15.7. The highest BCUT2D eigenvalue weighted by atomic mass is 16.7. The standard InChI is InChI=1S/C17H17N3O5/c21-16-7-11-3-1-2-4-15(11)18-19(16)8-12-5-14(20(22)23)6-13-9-24-10-25-17(12)13/h5-7H,1-4,8-10H2. The van der Waals surface area contributed by atoms with Crippen LogP contribution >= 0.6 is 0 Å². The van der Waals surface area contributed by atoms with E-state index in [0.717, 1.165) is 36.9 Å². The molecular weight excluding hydrogens is 326 g/mol. The van der Waals surface area contributed by atoms with Crippen LogP contribution in [0.2, 0.25) is 0 Å². The molecule has 0 spiro atoms. The minimum absolute atomic E-state index is 0.0474. The van der Waals surface area contributed by atoms with E-state index < -0.39 is 4.92 Å². The summed E-state index contributed by atoms with van der Waals surface area (Å²) in [5.41, 5.74) is 2.88. The van der Waals surface area contributed by atoms with Crippen LogP contribution in [0.15, 0.2) is 23.0 Å². The van der Waals surface area contributed by atoms with Crippen LogP contribution in [-0.4, -0.2) is 21.5 Å². The van der Waals surface area contributed by atoms with E-state index in [9.17, 15) is 14.9 Å². The Morgan fingerprint density at radius 3 is 2.88 bits per heavy atom. The normalized spacial score (nSPS) is 15.8. The fraction of sp³-hybridized carbons (Fsp3) is 0.412. The molecule has 0 amide bonds. The summed E-state index contributed by atoms with van der Waals surface area (Å²) < 4.78 is 12.1. The monoisotopic (exact) mass is 343 g/mol. The summed E-state index contributed by atoms with van der Waals surface area (Å²) in [6.45, 7) is 0.469. The van der Waals surface area contributed by atoms with Gasteiger partial charge in [0.05, 0.1) is 23.8 Å². The molecule has 1 aromatic carbocycles. The molecule has 0 radical (unpaired) electrons. The number of benzene rings is 1. The predicted octanol–water partition coefficient (Wildman–Crippen LogP) is 1.95. The van der Waals surface area contributed by atoms with Gasteiger partial charge in [-0.1, -0.05) is 0 Å². The molecule has 2 aromatic rings. The van der Waals surface area contributed by atoms with Gasteiger partial charge < -0.3 is 9.47 Å². The molecule has 0 N–H and O–H groups in total. The lowest BCUT2D eigenvalue weighted by Gasteiger charge is -2.21. The quantitative estimate of drug-likeness (QED) is 0.624. The van der Waals surface area contributed by atoms with Crippen molar-refractivity contribution in [3.05, 3.63) is 61.1 Å². The van der Waals surface area contributed by atoms with Crippen molar-refractivity contribution in [2.45, 2.75) is 38.8 Å². The Morgan fingerprint density at radius 2 is 2.04 bits per heavy atom. The van der Waals surface area contributed by atoms with Gasteiger partial charge in [-0.15, -0.1) is 0 Å². The Kier molecular flexibility index (Phi) is 3.96. The average Bonchev–Trinajstić information content (AvgIpc) is 2.62. The van der Waals surface area contributed by atoms with Crippen molar-refractivity contribution in [2.75, 3.05) is 6.79 Å². The lowest BCUT2D eigenvalue weighted by Crippen LogP contribution is -2.27. The minimum Gasteiger partial charge on any atom is -0.467 e. The van der Waals surface area contributed by atoms with E-state index in [2.05, 4.69) is 5.10 Å². The second kappa shape index (κ2) is 6.29. The second-order valence-electron chi connectivity index (χ2n) is 6.28. The predicted molar refractivity (Wildman–Crippen MR) is 87.6 cm³/mol. The smallest absolute Gasteiger partial charge is 0.270 e. The van der Waals surface area contributed by atoms with Crippen LogP contribution in [0.3, 0.4) is 0 Å². The van der Waals surface area contributed by atoms with Crippen LogP contribution in [0.4, 0.5) is 5.69 Å². The summed E-state index contributed by atoms with van der Waals surface area (Å²) >= 11 is 0. The fourth-order valence-corrected chi connectivity index (χ4v) is 3.38. The highest BCUT2D eigenvalue weighted by Gasteiger charge is 2.22. The molecule has 8 nitrogen and oxygen atoms in total. The van der Waals surface area contributed by atoms with Gasteiger partial charge in [0, 0.05) is 29.3 Å². The van der Waals surface area contributed by atoms with Crippen molar-refractivity contribution in [1.82, 2.24) is 9.78 Å². The average molecular weight is 343 g/mol. The molecule has 4 rings (SSSR count). The number of hydrogen-bond acceptors (Lipinski definition) is 6. The van der Waals surface area contributed by atoms with E-state index in [-0.39, 0.29) is 31.2 Å². The van der Waals surface area contributed by atoms with Gasteiger partial charge in [-0.05, 0) is 31.2 Å². The van der Waals surface area contributed by atoms with Crippen molar-refractivity contribution in [2.24, 2.45) is 0 Å². The lowest BCUT2D eigenvalue weighted by molar-refractivity contribution is -0.385. The highest BCUT2D eigenvalue weighted by molar-refractivity contribution is 5.50. The van der Waals surface area contributed by atoms with Crippen molar-refractivity contribution < 1.29 is 14.4 Å². The fourth-order valence-electron chi connectivity index (χ4n) is 3.38. The van der Waals surface area contributed by atoms with E-state index in [1.807, 2.05) is 0 Å². The largest absolute Gasteiger partial charge is 0.467 e. The number of non-ortho nitro benzene ring substituents is 1. The second-order valence-corrected chi connectivity index (χ2v) is 6.28. The number of rotatable bonds is 3. The molecular formula is C17H17N3O5. The van der Waals surface area contributed by atoms with Crippen molar-refractivity contribution in [3.8, 4) is 5.75 Å². The minimum atomic E-state index is -0.457. The Labute approximate surface area is 143 Å². The molecule has 0 fully saturated rings. The maximum atomic E-state index is 12.4. The molecule has 2 aliphatic rings. The zero-order chi connectivity index (χ0) is 17.4. The van der Waals surface area contributed by atoms with E-state index in [1.54, 1.807) is 6.07 Å². The summed E-state index contributed by atoms with van der Waals surface area (Å²) in [4.78, 5) is 23.1. The first-order valence-electron chi connectivity index (χ1n) is 8.22. The Hall–Kier alpha value is -2.74. The maximum absolute atomic E-state index is 12.4. The summed E-state index contributed by atoms with van der Waals surface area (Å²) in [7, 11) is 0. The highest BCUT2D eigenvalue weighted by Crippen LogP contribution is 2.33. The van der Waals surface area contributed by atoms with Crippen molar-refractivity contribution >= 4 is 5.69 Å². The van der Waals surface area contributed by atoms with Crippen LogP contribution in [0.25, 0.3) is 0 Å². The van der Waals surface area contributed by atoms with Crippen LogP contribution in [-0.2, 0) is 30.7 Å². The SMILES string of the molecule is O=c1cc2c(nn1Cc1cc([N+](=O)[O-])cc3c1OCOC3)CCCC2. The number of nitro benzene ring substituents is 1. The van der Waals surface area contributed by atoms with Crippen LogP contribution in [0, 0.1) is 10.1 Å². The summed E-state index contributed by atoms with van der Waals surface area (Å²) in [6, 6.07) is 4.52. The Bertz CT molecular complexity index is 906. The Morgan fingerprint density at radius 1 is 1.20 bits per heavy atom. The van der Waals surface area contributed by atoms with Crippen LogP contribution < -0.4 is 10.3 Å². The van der Waals surface area contributed by atoms with Gasteiger partial charge in [0.1, 0.15) is 5.75 Å². The van der Waals surface area contributed by atoms with Gasteiger partial charge in [-0.25, -0.2) is 4.68 Å². The number of ether oxygens (including phenoxy) is 2. The number of hydrogen-bond donors (Lipinski definition) is 0. The molecule has 0 unspecified atom stereocenters. The third kappa shape index (κ3) is 3.00. The van der Waals surface area contributed by atoms with Gasteiger partial charge in [-0.2, -0.15) is 5.10 Å². The zero-order valence-electron chi connectivity index (χ0n) is 13.6. The molecule has 0 bridgehead atoms. The molecule has 0 atom stereocenters. The van der Waals surface area contributed by atoms with Crippen molar-refractivity contribution in [1.29, 1.82) is 0 Å². The maximum Gasteiger partial charge on any atom is 0.270 e. The van der Waals surface area contributed by atoms with Crippen LogP contribution in [0.1, 0.15) is 35.2 Å². The zero-order valence-corrected chi connectivity index (χ0v) is 13.6. The van der Waals surface area contributed by atoms with Gasteiger partial charge >= 0.3 is 0 Å². The number of nitrogens with zero attached hydrogens (tertiary/aromatic N) is 3. The van der Waals surface area contributed by atoms with Crippen LogP contribution in [0.5, 0.6) is 5.75 Å². The van der Waals surface area contributed by atoms with E-state index in [4.69, 9.17) is 9.47 Å². The number of nitro groups is 1. The molecule has 1 aliphatic carbocycles. The molecule has 130 valence electrons. The van der Waals surface area contributed by atoms with Crippen molar-refractivity contribution in [3.63, 3.8) is 0 Å². The number of fused-ring (bicyclic) bond motifs is 2. The summed E-state index contributed by atoms with van der Waals surface area (Å²) in [6.07, 6.45) is 3.87. The lowest BCUT2D eigenvalue weighted by atomic mass is 9.97. The molecule has 0 saturated heterocycles. The third-order valence-corrected chi connectivity index (χ3v) is 4.58. The third-order valence-electron chi connectivity index (χ3n) is 4.58. The first-order chi connectivity index (χ1) is 12.1.